The highest BCUT2D eigenvalue weighted by Crippen LogP contribution is 2.46. The Hall–Kier alpha value is -3.48. The van der Waals surface area contributed by atoms with E-state index in [-0.39, 0.29) is 32.7 Å². The molecule has 1 saturated heterocycles. The number of rotatable bonds is 5. The summed E-state index contributed by atoms with van der Waals surface area (Å²) in [5.41, 5.74) is 2.81. The van der Waals surface area contributed by atoms with Crippen molar-refractivity contribution >= 4 is 46.3 Å². The zero-order chi connectivity index (χ0) is 25.4. The van der Waals surface area contributed by atoms with Crippen molar-refractivity contribution in [3.05, 3.63) is 92.5 Å². The van der Waals surface area contributed by atoms with Gasteiger partial charge in [0.15, 0.2) is 0 Å². The lowest BCUT2D eigenvalue weighted by Crippen LogP contribution is -2.29. The van der Waals surface area contributed by atoms with Crippen LogP contribution in [-0.2, 0) is 9.59 Å². The third-order valence-corrected chi connectivity index (χ3v) is 6.56. The molecular weight excluding hydrogens is 489 g/mol. The van der Waals surface area contributed by atoms with Crippen molar-refractivity contribution in [2.45, 2.75) is 19.9 Å². The van der Waals surface area contributed by atoms with Gasteiger partial charge in [-0.3, -0.25) is 14.5 Å². The number of aliphatic hydroxyl groups is 1. The van der Waals surface area contributed by atoms with Crippen molar-refractivity contribution in [1.29, 1.82) is 0 Å². The second kappa shape index (κ2) is 9.64. The maximum Gasteiger partial charge on any atom is 0.300 e. The molecule has 35 heavy (non-hydrogen) atoms. The highest BCUT2D eigenvalue weighted by molar-refractivity contribution is 6.52. The summed E-state index contributed by atoms with van der Waals surface area (Å²) in [6, 6.07) is 14.6. The summed E-state index contributed by atoms with van der Waals surface area (Å²) in [6.07, 6.45) is 0. The van der Waals surface area contributed by atoms with Gasteiger partial charge in [-0.05, 0) is 60.9 Å². The Morgan fingerprint density at radius 3 is 2.29 bits per heavy atom. The number of carbonyl (C=O) groups excluding carboxylic acids is 2. The van der Waals surface area contributed by atoms with Gasteiger partial charge in [-0.15, -0.1) is 0 Å². The molecule has 1 N–H and O–H groups in total. The van der Waals surface area contributed by atoms with Crippen LogP contribution in [0.5, 0.6) is 11.5 Å². The minimum Gasteiger partial charge on any atom is -0.507 e. The molecule has 3 aromatic carbocycles. The van der Waals surface area contributed by atoms with Crippen LogP contribution in [0.1, 0.15) is 28.3 Å². The number of ketones is 1. The van der Waals surface area contributed by atoms with Crippen LogP contribution in [0.3, 0.4) is 0 Å². The number of hydrogen-bond acceptors (Lipinski definition) is 5. The van der Waals surface area contributed by atoms with E-state index in [4.69, 9.17) is 32.7 Å². The first-order chi connectivity index (χ1) is 16.7. The Kier molecular flexibility index (Phi) is 6.79. The second-order valence-electron chi connectivity index (χ2n) is 8.17. The number of hydrogen-bond donors (Lipinski definition) is 1. The average molecular weight is 512 g/mol. The van der Waals surface area contributed by atoms with E-state index in [0.717, 1.165) is 11.1 Å². The van der Waals surface area contributed by atoms with Gasteiger partial charge in [0, 0.05) is 5.69 Å². The first kappa shape index (κ1) is 24.6. The van der Waals surface area contributed by atoms with E-state index in [0.29, 0.717) is 17.0 Å². The molecule has 0 aromatic heterocycles. The molecule has 6 nitrogen and oxygen atoms in total. The SMILES string of the molecule is COc1ccc(N2C(=O)C(=O)/C(=C(/O)c3cc(C)cc(Cl)c3OC)C2c2ccccc2C)cc1Cl. The summed E-state index contributed by atoms with van der Waals surface area (Å²) < 4.78 is 10.7. The molecule has 1 fully saturated rings. The van der Waals surface area contributed by atoms with E-state index in [9.17, 15) is 14.7 Å². The van der Waals surface area contributed by atoms with E-state index >= 15 is 0 Å². The second-order valence-corrected chi connectivity index (χ2v) is 8.99. The lowest BCUT2D eigenvalue weighted by atomic mass is 9.92. The quantitative estimate of drug-likeness (QED) is 0.248. The van der Waals surface area contributed by atoms with Crippen molar-refractivity contribution < 1.29 is 24.2 Å². The predicted molar refractivity (Wildman–Crippen MR) is 137 cm³/mol. The van der Waals surface area contributed by atoms with Crippen molar-refractivity contribution in [2.75, 3.05) is 19.1 Å². The summed E-state index contributed by atoms with van der Waals surface area (Å²) in [6.45, 7) is 3.68. The monoisotopic (exact) mass is 511 g/mol. The number of benzene rings is 3. The van der Waals surface area contributed by atoms with Gasteiger partial charge in [0.1, 0.15) is 17.3 Å². The van der Waals surface area contributed by atoms with Crippen LogP contribution < -0.4 is 14.4 Å². The van der Waals surface area contributed by atoms with Gasteiger partial charge in [0.05, 0.1) is 41.4 Å². The van der Waals surface area contributed by atoms with Crippen LogP contribution in [0.15, 0.2) is 60.2 Å². The number of aryl methyl sites for hydroxylation is 2. The number of methoxy groups -OCH3 is 2. The van der Waals surface area contributed by atoms with Crippen LogP contribution in [0.25, 0.3) is 5.76 Å². The minimum absolute atomic E-state index is 0.0730. The van der Waals surface area contributed by atoms with Gasteiger partial charge in [-0.1, -0.05) is 47.5 Å². The predicted octanol–water partition coefficient (Wildman–Crippen LogP) is 6.25. The zero-order valence-electron chi connectivity index (χ0n) is 19.6. The van der Waals surface area contributed by atoms with Crippen LogP contribution in [0, 0.1) is 13.8 Å². The topological polar surface area (TPSA) is 76.1 Å². The first-order valence-electron chi connectivity index (χ1n) is 10.7. The molecular formula is C27H23Cl2NO5. The number of Topliss-reactive ketones (excluding diaryl/α,β-unsaturated/α-hetero) is 1. The van der Waals surface area contributed by atoms with Crippen molar-refractivity contribution in [1.82, 2.24) is 0 Å². The number of ether oxygens (including phenoxy) is 2. The van der Waals surface area contributed by atoms with Crippen molar-refractivity contribution in [3.8, 4) is 11.5 Å². The normalized spacial score (nSPS) is 17.1. The molecule has 0 spiro atoms. The number of carbonyl (C=O) groups is 2. The molecule has 1 atom stereocenters. The summed E-state index contributed by atoms with van der Waals surface area (Å²) in [5, 5.41) is 12.0. The summed E-state index contributed by atoms with van der Waals surface area (Å²) in [4.78, 5) is 28.2. The minimum atomic E-state index is -0.912. The third kappa shape index (κ3) is 4.24. The van der Waals surface area contributed by atoms with Crippen LogP contribution in [-0.4, -0.2) is 31.0 Å². The van der Waals surface area contributed by atoms with Crippen LogP contribution >= 0.6 is 23.2 Å². The maximum absolute atomic E-state index is 13.4. The number of amides is 1. The number of halogens is 2. The van der Waals surface area contributed by atoms with Crippen LogP contribution in [0.4, 0.5) is 5.69 Å². The molecule has 1 amide bonds. The van der Waals surface area contributed by atoms with Gasteiger partial charge in [-0.25, -0.2) is 0 Å². The van der Waals surface area contributed by atoms with Crippen molar-refractivity contribution in [3.63, 3.8) is 0 Å². The Morgan fingerprint density at radius 1 is 0.943 bits per heavy atom. The van der Waals surface area contributed by atoms with Gasteiger partial charge < -0.3 is 14.6 Å². The molecule has 3 aromatic rings. The molecule has 1 unspecified atom stereocenters. The molecule has 8 heteroatoms. The molecule has 0 aliphatic carbocycles. The largest absolute Gasteiger partial charge is 0.507 e. The van der Waals surface area contributed by atoms with E-state index in [1.54, 1.807) is 37.3 Å². The molecule has 0 saturated carbocycles. The third-order valence-electron chi connectivity index (χ3n) is 5.99. The fraction of sp³-hybridized carbons (Fsp3) is 0.185. The molecule has 1 aliphatic rings. The Balaban J connectivity index is 2.02. The molecule has 0 bridgehead atoms. The van der Waals surface area contributed by atoms with Gasteiger partial charge >= 0.3 is 0 Å². The fourth-order valence-electron chi connectivity index (χ4n) is 4.35. The first-order valence-corrected chi connectivity index (χ1v) is 11.5. The fourth-order valence-corrected chi connectivity index (χ4v) is 4.95. The summed E-state index contributed by atoms with van der Waals surface area (Å²) in [7, 11) is 2.91. The highest BCUT2D eigenvalue weighted by Gasteiger charge is 2.47. The Bertz CT molecular complexity index is 1380. The standard InChI is InChI=1S/C27H23Cl2NO5/c1-14-11-18(26(35-4)20(29)12-14)24(31)22-23(17-8-6-5-7-15(17)2)30(27(33)25(22)32)16-9-10-21(34-3)19(28)13-16/h5-13,23,31H,1-4H3/b24-22+. The molecule has 1 aliphatic heterocycles. The van der Waals surface area contributed by atoms with E-state index in [2.05, 4.69) is 0 Å². The number of aliphatic hydroxyl groups excluding tert-OH is 1. The smallest absolute Gasteiger partial charge is 0.300 e. The lowest BCUT2D eigenvalue weighted by Gasteiger charge is -2.27. The molecule has 0 radical (unpaired) electrons. The number of nitrogens with zero attached hydrogens (tertiary/aromatic N) is 1. The number of anilines is 1. The summed E-state index contributed by atoms with van der Waals surface area (Å²) >= 11 is 12.7. The van der Waals surface area contributed by atoms with Gasteiger partial charge in [0.2, 0.25) is 0 Å². The Morgan fingerprint density at radius 2 is 1.66 bits per heavy atom. The molecule has 180 valence electrons. The zero-order valence-corrected chi connectivity index (χ0v) is 21.1. The molecule has 1 heterocycles. The lowest BCUT2D eigenvalue weighted by molar-refractivity contribution is -0.132. The van der Waals surface area contributed by atoms with Gasteiger partial charge in [-0.2, -0.15) is 0 Å². The van der Waals surface area contributed by atoms with E-state index in [1.807, 2.05) is 31.2 Å². The van der Waals surface area contributed by atoms with E-state index in [1.165, 1.54) is 19.1 Å². The average Bonchev–Trinajstić information content (AvgIpc) is 3.08. The van der Waals surface area contributed by atoms with Gasteiger partial charge in [0.25, 0.3) is 11.7 Å². The highest BCUT2D eigenvalue weighted by atomic mass is 35.5. The Labute approximate surface area is 213 Å². The van der Waals surface area contributed by atoms with Crippen LogP contribution in [0.2, 0.25) is 10.0 Å². The van der Waals surface area contributed by atoms with Crippen molar-refractivity contribution in [2.24, 2.45) is 0 Å². The summed E-state index contributed by atoms with van der Waals surface area (Å²) in [5.74, 6) is -1.36. The molecule has 4 rings (SSSR count). The van der Waals surface area contributed by atoms with E-state index < -0.39 is 17.7 Å². The maximum atomic E-state index is 13.4.